The summed E-state index contributed by atoms with van der Waals surface area (Å²) in [5, 5.41) is 11.0. The van der Waals surface area contributed by atoms with Crippen molar-refractivity contribution in [2.45, 2.75) is 107 Å². The van der Waals surface area contributed by atoms with Crippen LogP contribution < -0.4 is 31.7 Å². The molecular formula is C36H49N5O8S2. The monoisotopic (exact) mass is 743 g/mol. The van der Waals surface area contributed by atoms with Crippen LogP contribution in [-0.2, 0) is 46.3 Å². The summed E-state index contributed by atoms with van der Waals surface area (Å²) in [5.41, 5.74) is 7.80. The maximum Gasteiger partial charge on any atom is 0.330 e. The topological polar surface area (TPSA) is 195 Å². The van der Waals surface area contributed by atoms with Crippen molar-refractivity contribution in [1.82, 2.24) is 21.3 Å². The van der Waals surface area contributed by atoms with Crippen molar-refractivity contribution < 1.29 is 38.2 Å². The molecule has 0 radical (unpaired) electrons. The first-order chi connectivity index (χ1) is 23.9. The number of nitrogens with one attached hydrogen (secondary N) is 4. The van der Waals surface area contributed by atoms with Crippen LogP contribution in [-0.4, -0.2) is 81.9 Å². The summed E-state index contributed by atoms with van der Waals surface area (Å²) < 4.78 is 8.64. The minimum Gasteiger partial charge on any atom is -0.461 e. The Morgan fingerprint density at radius 2 is 1.59 bits per heavy atom. The number of hydrogen-bond acceptors (Lipinski definition) is 11. The van der Waals surface area contributed by atoms with Gasteiger partial charge in [-0.25, -0.2) is 4.79 Å². The Balaban J connectivity index is 1.94. The van der Waals surface area contributed by atoms with Gasteiger partial charge in [-0.05, 0) is 70.7 Å². The van der Waals surface area contributed by atoms with Crippen LogP contribution in [0.1, 0.15) is 66.0 Å². The minimum absolute atomic E-state index is 0.123. The Labute approximate surface area is 307 Å². The first kappa shape index (κ1) is 41.3. The summed E-state index contributed by atoms with van der Waals surface area (Å²) in [6, 6.07) is 11.2. The molecule has 278 valence electrons. The number of nitrogens with two attached hydrogens (primary N) is 1. The molecule has 15 heteroatoms. The number of amides is 4. The second kappa shape index (κ2) is 18.4. The number of carbonyl (C=O) groups is 6. The lowest BCUT2D eigenvalue weighted by molar-refractivity contribution is -0.152. The first-order valence-electron chi connectivity index (χ1n) is 16.8. The molecule has 2 aromatic carbocycles. The van der Waals surface area contributed by atoms with E-state index in [0.29, 0.717) is 17.7 Å². The summed E-state index contributed by atoms with van der Waals surface area (Å²) in [7, 11) is 2.55. The molecule has 6 N–H and O–H groups in total. The third kappa shape index (κ3) is 12.3. The molecule has 0 spiro atoms. The first-order valence-corrected chi connectivity index (χ1v) is 18.9. The molecule has 4 amide bonds. The Hall–Kier alpha value is -4.08. The van der Waals surface area contributed by atoms with Crippen LogP contribution >= 0.6 is 21.6 Å². The van der Waals surface area contributed by atoms with Gasteiger partial charge in [0.15, 0.2) is 0 Å². The summed E-state index contributed by atoms with van der Waals surface area (Å²) in [6.45, 7) is 11.4. The molecule has 1 fully saturated rings. The van der Waals surface area contributed by atoms with Crippen LogP contribution in [0.15, 0.2) is 54.6 Å². The molecule has 1 aliphatic rings. The fourth-order valence-electron chi connectivity index (χ4n) is 5.15. The van der Waals surface area contributed by atoms with Crippen molar-refractivity contribution in [2.24, 2.45) is 5.73 Å². The molecule has 1 saturated heterocycles. The van der Waals surface area contributed by atoms with E-state index in [4.69, 9.17) is 15.2 Å². The molecule has 1 heterocycles. The summed E-state index contributed by atoms with van der Waals surface area (Å²) in [4.78, 5) is 79.2. The van der Waals surface area contributed by atoms with Gasteiger partial charge >= 0.3 is 11.9 Å². The van der Waals surface area contributed by atoms with Crippen molar-refractivity contribution in [3.8, 4) is 5.75 Å². The van der Waals surface area contributed by atoms with Gasteiger partial charge in [0.05, 0.1) is 28.2 Å². The van der Waals surface area contributed by atoms with E-state index in [-0.39, 0.29) is 12.8 Å². The molecule has 51 heavy (non-hydrogen) atoms. The van der Waals surface area contributed by atoms with Gasteiger partial charge in [0.2, 0.25) is 23.6 Å². The number of benzene rings is 2. The van der Waals surface area contributed by atoms with E-state index in [1.54, 1.807) is 58.9 Å². The average Bonchev–Trinajstić information content (AvgIpc) is 3.07. The zero-order chi connectivity index (χ0) is 37.9. The zero-order valence-corrected chi connectivity index (χ0v) is 31.7. The number of carbonyl (C=O) groups excluding carboxylic acids is 6. The third-order valence-electron chi connectivity index (χ3n) is 8.21. The van der Waals surface area contributed by atoms with Gasteiger partial charge in [0, 0.05) is 13.3 Å². The van der Waals surface area contributed by atoms with E-state index in [9.17, 15) is 28.8 Å². The van der Waals surface area contributed by atoms with Crippen molar-refractivity contribution >= 4 is 57.2 Å². The molecule has 13 nitrogen and oxygen atoms in total. The lowest BCUT2D eigenvalue weighted by atomic mass is 9.96. The molecule has 2 aromatic rings. The van der Waals surface area contributed by atoms with Gasteiger partial charge in [-0.15, -0.1) is 0 Å². The van der Waals surface area contributed by atoms with E-state index in [2.05, 4.69) is 21.3 Å². The molecule has 4 unspecified atom stereocenters. The molecule has 0 bridgehead atoms. The highest BCUT2D eigenvalue weighted by Gasteiger charge is 2.46. The van der Waals surface area contributed by atoms with E-state index in [1.807, 2.05) is 37.3 Å². The lowest BCUT2D eigenvalue weighted by Gasteiger charge is -2.40. The molecule has 0 aromatic heterocycles. The highest BCUT2D eigenvalue weighted by atomic mass is 33.1. The number of rotatable bonds is 10. The molecule has 0 saturated carbocycles. The maximum atomic E-state index is 13.9. The smallest absolute Gasteiger partial charge is 0.330 e. The van der Waals surface area contributed by atoms with Gasteiger partial charge in [-0.1, -0.05) is 71.0 Å². The van der Waals surface area contributed by atoms with Crippen molar-refractivity contribution in [1.29, 1.82) is 0 Å². The highest BCUT2D eigenvalue weighted by Crippen LogP contribution is 2.48. The molecule has 1 aliphatic heterocycles. The van der Waals surface area contributed by atoms with Crippen LogP contribution in [0.4, 0.5) is 0 Å². The van der Waals surface area contributed by atoms with Crippen molar-refractivity contribution in [3.05, 3.63) is 65.7 Å². The Morgan fingerprint density at radius 3 is 2.18 bits per heavy atom. The molecule has 5 atom stereocenters. The summed E-state index contributed by atoms with van der Waals surface area (Å²) >= 11 is 0. The molecule has 3 rings (SSSR count). The minimum atomic E-state index is -1.16. The standard InChI is InChI=1S/C36H49N5O8S2/c1-8-36(7)29(40-31(44)26(37)18-24-14-16-25(17-15-24)49-22(4)42)33(46)38-20-28(43)39-27(19-23-12-10-9-11-13-23)32(45)41-30(34(47)48-21(2)3)35(5,6)50-51-36/h9-17,21,26-27,29-30H,8,18-20,37H2,1-7H3,(H,38,46)(H,39,43)(H,40,44)(H,41,45)/t26?,27?,29?,30?,36-/m0/s1. The van der Waals surface area contributed by atoms with Gasteiger partial charge in [0.25, 0.3) is 0 Å². The summed E-state index contributed by atoms with van der Waals surface area (Å²) in [5.74, 6) is -3.20. The molecular weight excluding hydrogens is 695 g/mol. The van der Waals surface area contributed by atoms with E-state index < -0.39 is 81.9 Å². The maximum absolute atomic E-state index is 13.9. The second-order valence-electron chi connectivity index (χ2n) is 13.4. The van der Waals surface area contributed by atoms with Crippen LogP contribution in [0.5, 0.6) is 5.75 Å². The average molecular weight is 744 g/mol. The Morgan fingerprint density at radius 1 is 0.941 bits per heavy atom. The Bertz CT molecular complexity index is 1560. The van der Waals surface area contributed by atoms with E-state index in [1.165, 1.54) is 28.5 Å². The zero-order valence-electron chi connectivity index (χ0n) is 30.1. The van der Waals surface area contributed by atoms with Crippen molar-refractivity contribution in [2.75, 3.05) is 6.54 Å². The van der Waals surface area contributed by atoms with Gasteiger partial charge in [0.1, 0.15) is 23.9 Å². The number of esters is 2. The van der Waals surface area contributed by atoms with Crippen LogP contribution in [0.2, 0.25) is 0 Å². The number of hydrogen-bond donors (Lipinski definition) is 5. The fourth-order valence-corrected chi connectivity index (χ4v) is 8.33. The Kier molecular flexibility index (Phi) is 14.9. The van der Waals surface area contributed by atoms with Crippen molar-refractivity contribution in [3.63, 3.8) is 0 Å². The van der Waals surface area contributed by atoms with Gasteiger partial charge in [-0.2, -0.15) is 0 Å². The highest BCUT2D eigenvalue weighted by molar-refractivity contribution is 8.77. The van der Waals surface area contributed by atoms with E-state index >= 15 is 0 Å². The normalized spacial score (nSPS) is 23.5. The fraction of sp³-hybridized carbons (Fsp3) is 0.500. The largest absolute Gasteiger partial charge is 0.461 e. The van der Waals surface area contributed by atoms with E-state index in [0.717, 1.165) is 5.56 Å². The van der Waals surface area contributed by atoms with Crippen LogP contribution in [0.3, 0.4) is 0 Å². The predicted octanol–water partition coefficient (Wildman–Crippen LogP) is 2.59. The lowest BCUT2D eigenvalue weighted by Crippen LogP contribution is -2.62. The third-order valence-corrected chi connectivity index (χ3v) is 12.5. The SMILES string of the molecule is CC[C@]1(C)SSC(C)(C)C(C(=O)OC(C)C)NC(=O)C(Cc2ccccc2)NC(=O)CNC(=O)C1NC(=O)C(N)Cc1ccc(OC(C)=O)cc1. The van der Waals surface area contributed by atoms with Crippen LogP contribution in [0, 0.1) is 0 Å². The molecule has 0 aliphatic carbocycles. The second-order valence-corrected chi connectivity index (χ2v) is 16.7. The van der Waals surface area contributed by atoms with Crippen LogP contribution in [0.25, 0.3) is 0 Å². The predicted molar refractivity (Wildman–Crippen MR) is 198 cm³/mol. The number of ether oxygens (including phenoxy) is 2. The summed E-state index contributed by atoms with van der Waals surface area (Å²) in [6.07, 6.45) is 0.168. The van der Waals surface area contributed by atoms with Gasteiger partial charge < -0.3 is 36.5 Å². The van der Waals surface area contributed by atoms with Gasteiger partial charge in [-0.3, -0.25) is 24.0 Å². The quantitative estimate of drug-likeness (QED) is 0.136.